The van der Waals surface area contributed by atoms with Crippen molar-refractivity contribution in [3.63, 3.8) is 0 Å². The van der Waals surface area contributed by atoms with Crippen molar-refractivity contribution in [2.24, 2.45) is 0 Å². The summed E-state index contributed by atoms with van der Waals surface area (Å²) in [6.07, 6.45) is 6.73. The van der Waals surface area contributed by atoms with Gasteiger partial charge in [0.2, 0.25) is 0 Å². The highest BCUT2D eigenvalue weighted by Gasteiger charge is 2.09. The van der Waals surface area contributed by atoms with E-state index < -0.39 is 0 Å². The number of aryl methyl sites for hydroxylation is 2. The molecule has 0 spiro atoms. The van der Waals surface area contributed by atoms with Gasteiger partial charge < -0.3 is 5.32 Å². The number of unbranched alkanes of at least 4 members (excludes halogenated alkanes) is 1. The van der Waals surface area contributed by atoms with Crippen molar-refractivity contribution in [2.45, 2.75) is 52.5 Å². The van der Waals surface area contributed by atoms with Crippen molar-refractivity contribution in [2.75, 3.05) is 6.54 Å². The molecule has 1 unspecified atom stereocenters. The van der Waals surface area contributed by atoms with Crippen LogP contribution >= 0.6 is 0 Å². The third-order valence-corrected chi connectivity index (χ3v) is 3.42. The Morgan fingerprint density at radius 3 is 2.78 bits per heavy atom. The second kappa shape index (κ2) is 8.10. The first kappa shape index (κ1) is 15.0. The van der Waals surface area contributed by atoms with Crippen molar-refractivity contribution >= 4 is 0 Å². The minimum Gasteiger partial charge on any atom is -0.314 e. The molecular weight excluding hydrogens is 218 g/mol. The van der Waals surface area contributed by atoms with Crippen LogP contribution in [0.25, 0.3) is 0 Å². The number of likely N-dealkylation sites (N-methyl/N-ethyl adjacent to an activating group) is 1. The maximum Gasteiger partial charge on any atom is 0.0108 e. The lowest BCUT2D eigenvalue weighted by Gasteiger charge is -2.19. The van der Waals surface area contributed by atoms with Gasteiger partial charge in [0.15, 0.2) is 0 Å². The van der Waals surface area contributed by atoms with Gasteiger partial charge in [-0.05, 0) is 57.2 Å². The summed E-state index contributed by atoms with van der Waals surface area (Å²) in [4.78, 5) is 0. The van der Waals surface area contributed by atoms with Crippen LogP contribution < -0.4 is 5.32 Å². The van der Waals surface area contributed by atoms with Crippen molar-refractivity contribution in [1.82, 2.24) is 5.32 Å². The Hall–Kier alpha value is -1.08. The SMILES string of the molecule is C=CCCCC(Cc1cc(C)ccc1C)NCC. The molecule has 0 fully saturated rings. The molecule has 0 saturated heterocycles. The van der Waals surface area contributed by atoms with E-state index in [0.717, 1.165) is 19.4 Å². The normalized spacial score (nSPS) is 12.4. The Bertz CT molecular complexity index is 368. The Kier molecular flexibility index (Phi) is 6.74. The summed E-state index contributed by atoms with van der Waals surface area (Å²) >= 11 is 0. The van der Waals surface area contributed by atoms with Crippen LogP contribution in [0.1, 0.15) is 42.9 Å². The summed E-state index contributed by atoms with van der Waals surface area (Å²) in [5.41, 5.74) is 4.25. The van der Waals surface area contributed by atoms with Gasteiger partial charge in [-0.25, -0.2) is 0 Å². The summed E-state index contributed by atoms with van der Waals surface area (Å²) in [7, 11) is 0. The molecule has 0 heterocycles. The first-order chi connectivity index (χ1) is 8.67. The number of hydrogen-bond acceptors (Lipinski definition) is 1. The van der Waals surface area contributed by atoms with Crippen LogP contribution in [0.3, 0.4) is 0 Å². The Labute approximate surface area is 112 Å². The predicted molar refractivity (Wildman–Crippen MR) is 81.1 cm³/mol. The fourth-order valence-corrected chi connectivity index (χ4v) is 2.36. The molecule has 0 aliphatic heterocycles. The van der Waals surface area contributed by atoms with Gasteiger partial charge in [0, 0.05) is 6.04 Å². The molecule has 0 saturated carbocycles. The molecule has 0 radical (unpaired) electrons. The van der Waals surface area contributed by atoms with Crippen molar-refractivity contribution in [3.05, 3.63) is 47.5 Å². The van der Waals surface area contributed by atoms with Gasteiger partial charge >= 0.3 is 0 Å². The van der Waals surface area contributed by atoms with Crippen LogP contribution in [-0.4, -0.2) is 12.6 Å². The lowest BCUT2D eigenvalue weighted by Crippen LogP contribution is -2.31. The minimum atomic E-state index is 0.593. The molecule has 1 nitrogen and oxygen atoms in total. The molecule has 0 aromatic heterocycles. The van der Waals surface area contributed by atoms with Crippen molar-refractivity contribution in [1.29, 1.82) is 0 Å². The quantitative estimate of drug-likeness (QED) is 0.535. The molecule has 1 atom stereocenters. The van der Waals surface area contributed by atoms with Gasteiger partial charge in [0.25, 0.3) is 0 Å². The van der Waals surface area contributed by atoms with E-state index in [1.165, 1.54) is 29.5 Å². The van der Waals surface area contributed by atoms with E-state index >= 15 is 0 Å². The van der Waals surface area contributed by atoms with Crippen LogP contribution in [0, 0.1) is 13.8 Å². The van der Waals surface area contributed by atoms with Gasteiger partial charge in [-0.1, -0.05) is 36.8 Å². The van der Waals surface area contributed by atoms with E-state index in [-0.39, 0.29) is 0 Å². The first-order valence-corrected chi connectivity index (χ1v) is 7.07. The van der Waals surface area contributed by atoms with E-state index in [1.54, 1.807) is 0 Å². The predicted octanol–water partition coefficient (Wildman–Crippen LogP) is 4.18. The monoisotopic (exact) mass is 245 g/mol. The molecule has 1 aromatic carbocycles. The van der Waals surface area contributed by atoms with Crippen LogP contribution in [-0.2, 0) is 6.42 Å². The van der Waals surface area contributed by atoms with E-state index in [1.807, 2.05) is 6.08 Å². The number of nitrogens with one attached hydrogen (secondary N) is 1. The lowest BCUT2D eigenvalue weighted by atomic mass is 9.96. The molecule has 18 heavy (non-hydrogen) atoms. The third kappa shape index (κ3) is 5.05. The van der Waals surface area contributed by atoms with E-state index in [9.17, 15) is 0 Å². The zero-order valence-corrected chi connectivity index (χ0v) is 12.1. The first-order valence-electron chi connectivity index (χ1n) is 7.07. The topological polar surface area (TPSA) is 12.0 Å². The van der Waals surface area contributed by atoms with Crippen LogP contribution in [0.5, 0.6) is 0 Å². The summed E-state index contributed by atoms with van der Waals surface area (Å²) in [5.74, 6) is 0. The minimum absolute atomic E-state index is 0.593. The zero-order valence-electron chi connectivity index (χ0n) is 12.1. The second-order valence-corrected chi connectivity index (χ2v) is 5.11. The highest BCUT2D eigenvalue weighted by Crippen LogP contribution is 2.15. The molecule has 0 aliphatic rings. The number of benzene rings is 1. The summed E-state index contributed by atoms with van der Waals surface area (Å²) in [6, 6.07) is 7.35. The van der Waals surface area contributed by atoms with E-state index in [0.29, 0.717) is 6.04 Å². The molecule has 100 valence electrons. The summed E-state index contributed by atoms with van der Waals surface area (Å²) in [6.45, 7) is 11.4. The third-order valence-electron chi connectivity index (χ3n) is 3.42. The van der Waals surface area contributed by atoms with Crippen LogP contribution in [0.2, 0.25) is 0 Å². The molecule has 1 heteroatoms. The van der Waals surface area contributed by atoms with Gasteiger partial charge in [0.05, 0.1) is 0 Å². The highest BCUT2D eigenvalue weighted by atomic mass is 14.9. The summed E-state index contributed by atoms with van der Waals surface area (Å²) < 4.78 is 0. The van der Waals surface area contributed by atoms with Crippen molar-refractivity contribution in [3.8, 4) is 0 Å². The van der Waals surface area contributed by atoms with Gasteiger partial charge in [-0.15, -0.1) is 6.58 Å². The van der Waals surface area contributed by atoms with Crippen molar-refractivity contribution < 1.29 is 0 Å². The molecule has 0 amide bonds. The molecular formula is C17H27N. The fraction of sp³-hybridized carbons (Fsp3) is 0.529. The molecule has 1 N–H and O–H groups in total. The Morgan fingerprint density at radius 1 is 1.33 bits per heavy atom. The van der Waals surface area contributed by atoms with Gasteiger partial charge in [0.1, 0.15) is 0 Å². The number of hydrogen-bond donors (Lipinski definition) is 1. The average molecular weight is 245 g/mol. The zero-order chi connectivity index (χ0) is 13.4. The Morgan fingerprint density at radius 2 is 2.11 bits per heavy atom. The van der Waals surface area contributed by atoms with Gasteiger partial charge in [-0.2, -0.15) is 0 Å². The number of allylic oxidation sites excluding steroid dienone is 1. The average Bonchev–Trinajstić information content (AvgIpc) is 2.34. The lowest BCUT2D eigenvalue weighted by molar-refractivity contribution is 0.477. The van der Waals surface area contributed by atoms with E-state index in [4.69, 9.17) is 0 Å². The maximum absolute atomic E-state index is 3.79. The second-order valence-electron chi connectivity index (χ2n) is 5.11. The fourth-order valence-electron chi connectivity index (χ4n) is 2.36. The molecule has 0 aliphatic carbocycles. The standard InChI is InChI=1S/C17H27N/c1-5-7-8-9-17(18-6-2)13-16-12-14(3)10-11-15(16)4/h5,10-12,17-18H,1,6-9,13H2,2-4H3. The molecule has 1 rings (SSSR count). The Balaban J connectivity index is 2.63. The number of rotatable bonds is 8. The molecule has 0 bridgehead atoms. The van der Waals surface area contributed by atoms with Gasteiger partial charge in [-0.3, -0.25) is 0 Å². The summed E-state index contributed by atoms with van der Waals surface area (Å²) in [5, 5.41) is 3.60. The molecule has 1 aromatic rings. The largest absolute Gasteiger partial charge is 0.314 e. The van der Waals surface area contributed by atoms with E-state index in [2.05, 4.69) is 50.9 Å². The maximum atomic E-state index is 3.79. The highest BCUT2D eigenvalue weighted by molar-refractivity contribution is 5.31. The smallest absolute Gasteiger partial charge is 0.0108 e. The van der Waals surface area contributed by atoms with Crippen LogP contribution in [0.15, 0.2) is 30.9 Å². The van der Waals surface area contributed by atoms with Crippen LogP contribution in [0.4, 0.5) is 0 Å².